The number of benzene rings is 1. The molecule has 2 rings (SSSR count). The number of amides is 1. The summed E-state index contributed by atoms with van der Waals surface area (Å²) >= 11 is 0. The van der Waals surface area contributed by atoms with E-state index in [-0.39, 0.29) is 12.5 Å². The quantitative estimate of drug-likeness (QED) is 0.792. The first-order valence-electron chi connectivity index (χ1n) is 6.78. The van der Waals surface area contributed by atoms with Crippen LogP contribution in [-0.2, 0) is 24.9 Å². The average molecular weight is 288 g/mol. The van der Waals surface area contributed by atoms with Gasteiger partial charge in [0.2, 0.25) is 0 Å². The second-order valence-corrected chi connectivity index (χ2v) is 4.74. The molecule has 0 aliphatic carbocycles. The molecule has 0 saturated carbocycles. The van der Waals surface area contributed by atoms with Crippen LogP contribution in [0, 0.1) is 0 Å². The van der Waals surface area contributed by atoms with Gasteiger partial charge < -0.3 is 15.4 Å². The van der Waals surface area contributed by atoms with Gasteiger partial charge in [-0.25, -0.2) is 0 Å². The number of likely N-dealkylation sites (N-methyl/N-ethyl adjacent to an activating group) is 1. The number of rotatable bonds is 7. The minimum Gasteiger partial charge on any atom is -0.484 e. The summed E-state index contributed by atoms with van der Waals surface area (Å²) in [6.07, 6.45) is 3.83. The van der Waals surface area contributed by atoms with Crippen molar-refractivity contribution in [1.29, 1.82) is 0 Å². The first kappa shape index (κ1) is 15.1. The summed E-state index contributed by atoms with van der Waals surface area (Å²) in [6, 6.07) is 7.70. The summed E-state index contributed by atoms with van der Waals surface area (Å²) in [5, 5.41) is 9.99. The van der Waals surface area contributed by atoms with Gasteiger partial charge in [0, 0.05) is 38.9 Å². The first-order valence-corrected chi connectivity index (χ1v) is 6.78. The molecule has 6 nitrogen and oxygen atoms in total. The molecule has 6 heteroatoms. The lowest BCUT2D eigenvalue weighted by molar-refractivity contribution is -0.122. The number of nitrogens with one attached hydrogen (secondary N) is 2. The molecular formula is C15H20N4O2. The average Bonchev–Trinajstić information content (AvgIpc) is 2.91. The van der Waals surface area contributed by atoms with E-state index in [4.69, 9.17) is 4.74 Å². The molecule has 21 heavy (non-hydrogen) atoms. The van der Waals surface area contributed by atoms with Crippen LogP contribution in [0.5, 0.6) is 5.75 Å². The number of carbonyl (C=O) groups excluding carboxylic acids is 1. The third-order valence-corrected chi connectivity index (χ3v) is 2.96. The van der Waals surface area contributed by atoms with Gasteiger partial charge in [0.15, 0.2) is 6.61 Å². The van der Waals surface area contributed by atoms with E-state index in [0.29, 0.717) is 5.75 Å². The highest BCUT2D eigenvalue weighted by atomic mass is 16.5. The first-order chi connectivity index (χ1) is 10.2. The Hall–Kier alpha value is -2.34. The van der Waals surface area contributed by atoms with Crippen molar-refractivity contribution in [2.75, 3.05) is 13.7 Å². The van der Waals surface area contributed by atoms with E-state index in [9.17, 15) is 4.79 Å². The summed E-state index contributed by atoms with van der Waals surface area (Å²) in [7, 11) is 3.49. The lowest BCUT2D eigenvalue weighted by Crippen LogP contribution is -2.24. The molecule has 0 aliphatic heterocycles. The van der Waals surface area contributed by atoms with Crippen LogP contribution in [0.1, 0.15) is 11.1 Å². The molecule has 1 amide bonds. The van der Waals surface area contributed by atoms with Gasteiger partial charge in [0.25, 0.3) is 5.91 Å². The fourth-order valence-corrected chi connectivity index (χ4v) is 1.88. The lowest BCUT2D eigenvalue weighted by atomic mass is 10.2. The van der Waals surface area contributed by atoms with E-state index < -0.39 is 0 Å². The van der Waals surface area contributed by atoms with Crippen LogP contribution in [-0.4, -0.2) is 29.3 Å². The molecule has 0 radical (unpaired) electrons. The predicted octanol–water partition coefficient (Wildman–Crippen LogP) is 0.835. The van der Waals surface area contributed by atoms with E-state index in [1.807, 2.05) is 43.7 Å². The number of aryl methyl sites for hydroxylation is 1. The number of aromatic nitrogens is 2. The second kappa shape index (κ2) is 7.44. The maximum absolute atomic E-state index is 11.1. The van der Waals surface area contributed by atoms with Crippen LogP contribution >= 0.6 is 0 Å². The topological polar surface area (TPSA) is 68.2 Å². The van der Waals surface area contributed by atoms with Crippen molar-refractivity contribution < 1.29 is 9.53 Å². The van der Waals surface area contributed by atoms with E-state index >= 15 is 0 Å². The van der Waals surface area contributed by atoms with Crippen molar-refractivity contribution in [1.82, 2.24) is 20.4 Å². The molecule has 112 valence electrons. The molecule has 1 aromatic heterocycles. The second-order valence-electron chi connectivity index (χ2n) is 4.74. The highest BCUT2D eigenvalue weighted by Gasteiger charge is 2.01. The molecule has 0 fully saturated rings. The number of carbonyl (C=O) groups is 1. The van der Waals surface area contributed by atoms with Crippen molar-refractivity contribution in [3.05, 3.63) is 47.8 Å². The molecule has 2 aromatic rings. The highest BCUT2D eigenvalue weighted by Crippen LogP contribution is 2.13. The van der Waals surface area contributed by atoms with Crippen molar-refractivity contribution in [2.24, 2.45) is 7.05 Å². The fourth-order valence-electron chi connectivity index (χ4n) is 1.88. The molecule has 0 saturated heterocycles. The van der Waals surface area contributed by atoms with Crippen molar-refractivity contribution in [3.8, 4) is 5.75 Å². The molecule has 0 bridgehead atoms. The molecule has 1 aromatic carbocycles. The van der Waals surface area contributed by atoms with Crippen LogP contribution < -0.4 is 15.4 Å². The summed E-state index contributed by atoms with van der Waals surface area (Å²) in [5.41, 5.74) is 2.25. The molecule has 0 spiro atoms. The van der Waals surface area contributed by atoms with Crippen LogP contribution in [0.2, 0.25) is 0 Å². The Morgan fingerprint density at radius 3 is 2.86 bits per heavy atom. The Morgan fingerprint density at radius 1 is 1.33 bits per heavy atom. The number of hydrogen-bond acceptors (Lipinski definition) is 4. The number of ether oxygens (including phenoxy) is 1. The van der Waals surface area contributed by atoms with Crippen LogP contribution in [0.3, 0.4) is 0 Å². The van der Waals surface area contributed by atoms with Crippen molar-refractivity contribution >= 4 is 5.91 Å². The van der Waals surface area contributed by atoms with Gasteiger partial charge >= 0.3 is 0 Å². The van der Waals surface area contributed by atoms with Crippen molar-refractivity contribution in [3.63, 3.8) is 0 Å². The zero-order valence-electron chi connectivity index (χ0n) is 12.3. The minimum absolute atomic E-state index is 0.0308. The maximum Gasteiger partial charge on any atom is 0.257 e. The predicted molar refractivity (Wildman–Crippen MR) is 79.8 cm³/mol. The highest BCUT2D eigenvalue weighted by molar-refractivity contribution is 5.77. The number of hydrogen-bond donors (Lipinski definition) is 2. The summed E-state index contributed by atoms with van der Waals surface area (Å²) in [4.78, 5) is 11.1. The largest absolute Gasteiger partial charge is 0.484 e. The molecule has 2 N–H and O–H groups in total. The summed E-state index contributed by atoms with van der Waals surface area (Å²) in [5.74, 6) is 0.550. The molecule has 1 heterocycles. The maximum atomic E-state index is 11.1. The Bertz CT molecular complexity index is 595. The Labute approximate surface area is 124 Å². The van der Waals surface area contributed by atoms with E-state index in [0.717, 1.165) is 24.2 Å². The number of nitrogens with zero attached hydrogens (tertiary/aromatic N) is 2. The Kier molecular flexibility index (Phi) is 5.34. The van der Waals surface area contributed by atoms with E-state index in [1.165, 1.54) is 0 Å². The fraction of sp³-hybridized carbons (Fsp3) is 0.333. The standard InChI is InChI=1S/C15H20N4O2/c1-16-15(20)11-21-14-5-3-4-12(6-14)7-17-8-13-9-18-19(2)10-13/h3-6,9-10,17H,7-8,11H2,1-2H3,(H,16,20). The third-order valence-electron chi connectivity index (χ3n) is 2.96. The lowest BCUT2D eigenvalue weighted by Gasteiger charge is -2.08. The third kappa shape index (κ3) is 4.92. The molecule has 0 atom stereocenters. The monoisotopic (exact) mass is 288 g/mol. The van der Waals surface area contributed by atoms with Gasteiger partial charge in [-0.15, -0.1) is 0 Å². The minimum atomic E-state index is -0.143. The molecule has 0 unspecified atom stereocenters. The van der Waals surface area contributed by atoms with Gasteiger partial charge in [-0.2, -0.15) is 5.10 Å². The zero-order chi connectivity index (χ0) is 15.1. The summed E-state index contributed by atoms with van der Waals surface area (Å²) in [6.45, 7) is 1.52. The van der Waals surface area contributed by atoms with Gasteiger partial charge in [-0.05, 0) is 17.7 Å². The molecular weight excluding hydrogens is 268 g/mol. The van der Waals surface area contributed by atoms with Gasteiger partial charge in [-0.3, -0.25) is 9.48 Å². The van der Waals surface area contributed by atoms with Crippen LogP contribution in [0.4, 0.5) is 0 Å². The van der Waals surface area contributed by atoms with Gasteiger partial charge in [-0.1, -0.05) is 12.1 Å². The van der Waals surface area contributed by atoms with Gasteiger partial charge in [0.1, 0.15) is 5.75 Å². The Balaban J connectivity index is 1.81. The zero-order valence-corrected chi connectivity index (χ0v) is 12.3. The SMILES string of the molecule is CNC(=O)COc1cccc(CNCc2cnn(C)c2)c1. The smallest absolute Gasteiger partial charge is 0.257 e. The summed E-state index contributed by atoms with van der Waals surface area (Å²) < 4.78 is 7.20. The Morgan fingerprint density at radius 2 is 2.14 bits per heavy atom. The van der Waals surface area contributed by atoms with E-state index in [1.54, 1.807) is 11.7 Å². The van der Waals surface area contributed by atoms with E-state index in [2.05, 4.69) is 15.7 Å². The van der Waals surface area contributed by atoms with Crippen LogP contribution in [0.25, 0.3) is 0 Å². The van der Waals surface area contributed by atoms with Gasteiger partial charge in [0.05, 0.1) is 6.20 Å². The molecule has 0 aliphatic rings. The van der Waals surface area contributed by atoms with Crippen molar-refractivity contribution in [2.45, 2.75) is 13.1 Å². The normalized spacial score (nSPS) is 10.4. The van der Waals surface area contributed by atoms with Crippen LogP contribution in [0.15, 0.2) is 36.7 Å².